The van der Waals surface area contributed by atoms with Gasteiger partial charge in [0, 0.05) is 10.7 Å². The second-order valence-corrected chi connectivity index (χ2v) is 4.58. The van der Waals surface area contributed by atoms with Crippen LogP contribution in [0, 0.1) is 0 Å². The fourth-order valence-corrected chi connectivity index (χ4v) is 1.84. The lowest BCUT2D eigenvalue weighted by Gasteiger charge is -2.11. The molecule has 0 radical (unpaired) electrons. The van der Waals surface area contributed by atoms with Gasteiger partial charge in [-0.05, 0) is 30.3 Å². The van der Waals surface area contributed by atoms with Gasteiger partial charge in [0.15, 0.2) is 6.61 Å². The van der Waals surface area contributed by atoms with E-state index in [2.05, 4.69) is 5.32 Å². The van der Waals surface area contributed by atoms with Crippen molar-refractivity contribution in [1.29, 1.82) is 0 Å². The van der Waals surface area contributed by atoms with Gasteiger partial charge in [-0.2, -0.15) is 0 Å². The second-order valence-electron chi connectivity index (χ2n) is 4.14. The molecule has 0 aliphatic carbocycles. The second kappa shape index (κ2) is 6.76. The highest BCUT2D eigenvalue weighted by Crippen LogP contribution is 2.24. The van der Waals surface area contributed by atoms with E-state index in [-0.39, 0.29) is 11.3 Å². The summed E-state index contributed by atoms with van der Waals surface area (Å²) >= 11 is 5.87. The number of ether oxygens (including phenoxy) is 1. The lowest BCUT2D eigenvalue weighted by molar-refractivity contribution is -0.139. The lowest BCUT2D eigenvalue weighted by atomic mass is 10.2. The van der Waals surface area contributed by atoms with Crippen molar-refractivity contribution < 1.29 is 19.4 Å². The highest BCUT2D eigenvalue weighted by Gasteiger charge is 2.14. The van der Waals surface area contributed by atoms with Crippen molar-refractivity contribution in [2.75, 3.05) is 11.9 Å². The van der Waals surface area contributed by atoms with Crippen LogP contribution in [-0.2, 0) is 4.79 Å². The molecule has 0 unspecified atom stereocenters. The average molecular weight is 306 g/mol. The summed E-state index contributed by atoms with van der Waals surface area (Å²) in [7, 11) is 0. The number of nitrogens with one attached hydrogen (secondary N) is 1. The molecular weight excluding hydrogens is 294 g/mol. The van der Waals surface area contributed by atoms with Crippen LogP contribution in [0.4, 0.5) is 5.69 Å². The quantitative estimate of drug-likeness (QED) is 0.890. The van der Waals surface area contributed by atoms with Crippen molar-refractivity contribution >= 4 is 29.2 Å². The van der Waals surface area contributed by atoms with Crippen LogP contribution in [0.1, 0.15) is 10.4 Å². The molecule has 0 heterocycles. The van der Waals surface area contributed by atoms with Crippen LogP contribution in [-0.4, -0.2) is 23.6 Å². The van der Waals surface area contributed by atoms with Crippen LogP contribution in [0.25, 0.3) is 0 Å². The van der Waals surface area contributed by atoms with Crippen LogP contribution >= 0.6 is 11.6 Å². The Hall–Kier alpha value is -2.53. The van der Waals surface area contributed by atoms with Crippen molar-refractivity contribution in [3.8, 4) is 5.75 Å². The van der Waals surface area contributed by atoms with Gasteiger partial charge in [-0.15, -0.1) is 0 Å². The van der Waals surface area contributed by atoms with Crippen molar-refractivity contribution in [3.63, 3.8) is 0 Å². The summed E-state index contributed by atoms with van der Waals surface area (Å²) < 4.78 is 5.09. The number of hydrogen-bond donors (Lipinski definition) is 2. The monoisotopic (exact) mass is 305 g/mol. The molecule has 108 valence electrons. The van der Waals surface area contributed by atoms with E-state index in [9.17, 15) is 9.59 Å². The number of carbonyl (C=O) groups is 2. The predicted octanol–water partition coefficient (Wildman–Crippen LogP) is 3.06. The fourth-order valence-electron chi connectivity index (χ4n) is 1.66. The Kier molecular flexibility index (Phi) is 4.79. The van der Waals surface area contributed by atoms with Gasteiger partial charge in [0.25, 0.3) is 5.91 Å². The van der Waals surface area contributed by atoms with E-state index in [0.717, 1.165) is 0 Å². The first-order chi connectivity index (χ1) is 10.1. The average Bonchev–Trinajstić information content (AvgIpc) is 2.46. The van der Waals surface area contributed by atoms with E-state index in [1.54, 1.807) is 24.3 Å². The molecule has 21 heavy (non-hydrogen) atoms. The summed E-state index contributed by atoms with van der Waals surface area (Å²) in [6, 6.07) is 13.3. The Labute approximate surface area is 126 Å². The molecule has 5 nitrogen and oxygen atoms in total. The zero-order valence-electron chi connectivity index (χ0n) is 10.9. The Balaban J connectivity index is 2.22. The summed E-state index contributed by atoms with van der Waals surface area (Å²) in [4.78, 5) is 22.8. The van der Waals surface area contributed by atoms with Gasteiger partial charge in [-0.25, -0.2) is 4.79 Å². The smallest absolute Gasteiger partial charge is 0.341 e. The van der Waals surface area contributed by atoms with Crippen LogP contribution in [0.5, 0.6) is 5.75 Å². The van der Waals surface area contributed by atoms with Gasteiger partial charge < -0.3 is 15.2 Å². The van der Waals surface area contributed by atoms with E-state index in [0.29, 0.717) is 10.7 Å². The number of benzene rings is 2. The summed E-state index contributed by atoms with van der Waals surface area (Å²) in [5, 5.41) is 11.7. The maximum atomic E-state index is 12.2. The molecule has 0 bridgehead atoms. The molecule has 0 aromatic heterocycles. The summed E-state index contributed by atoms with van der Waals surface area (Å²) in [6.45, 7) is -0.534. The van der Waals surface area contributed by atoms with Gasteiger partial charge in [0.05, 0.1) is 5.56 Å². The minimum atomic E-state index is -1.13. The number of amides is 1. The SMILES string of the molecule is O=C(O)COc1ccc(Cl)cc1C(=O)Nc1ccccc1. The van der Waals surface area contributed by atoms with Gasteiger partial charge in [-0.1, -0.05) is 29.8 Å². The zero-order valence-corrected chi connectivity index (χ0v) is 11.6. The number of halogens is 1. The molecular formula is C15H12ClNO4. The number of para-hydroxylation sites is 1. The third-order valence-corrected chi connectivity index (χ3v) is 2.80. The van der Waals surface area contributed by atoms with E-state index in [1.165, 1.54) is 18.2 Å². The third kappa shape index (κ3) is 4.22. The highest BCUT2D eigenvalue weighted by atomic mass is 35.5. The third-order valence-electron chi connectivity index (χ3n) is 2.57. The molecule has 0 aliphatic heterocycles. The first-order valence-electron chi connectivity index (χ1n) is 6.07. The molecule has 0 spiro atoms. The molecule has 0 atom stereocenters. The number of hydrogen-bond acceptors (Lipinski definition) is 3. The molecule has 0 saturated carbocycles. The van der Waals surface area contributed by atoms with Crippen LogP contribution < -0.4 is 10.1 Å². The topological polar surface area (TPSA) is 75.6 Å². The number of carbonyl (C=O) groups excluding carboxylic acids is 1. The molecule has 0 fully saturated rings. The van der Waals surface area contributed by atoms with Gasteiger partial charge in [0.1, 0.15) is 5.75 Å². The van der Waals surface area contributed by atoms with Crippen molar-refractivity contribution in [1.82, 2.24) is 0 Å². The molecule has 6 heteroatoms. The Bertz CT molecular complexity index is 658. The van der Waals surface area contributed by atoms with Gasteiger partial charge in [0.2, 0.25) is 0 Å². The summed E-state index contributed by atoms with van der Waals surface area (Å²) in [5.74, 6) is -1.39. The first kappa shape index (κ1) is 14.9. The van der Waals surface area contributed by atoms with Crippen LogP contribution in [0.2, 0.25) is 5.02 Å². The fraction of sp³-hybridized carbons (Fsp3) is 0.0667. The van der Waals surface area contributed by atoms with Crippen LogP contribution in [0.3, 0.4) is 0 Å². The Morgan fingerprint density at radius 1 is 1.14 bits per heavy atom. The molecule has 1 amide bonds. The summed E-state index contributed by atoms with van der Waals surface area (Å²) in [6.07, 6.45) is 0. The van der Waals surface area contributed by atoms with E-state index >= 15 is 0 Å². The van der Waals surface area contributed by atoms with E-state index in [4.69, 9.17) is 21.4 Å². The summed E-state index contributed by atoms with van der Waals surface area (Å²) in [5.41, 5.74) is 0.791. The standard InChI is InChI=1S/C15H12ClNO4/c16-10-6-7-13(21-9-14(18)19)12(8-10)15(20)17-11-4-2-1-3-5-11/h1-8H,9H2,(H,17,20)(H,18,19). The Morgan fingerprint density at radius 2 is 1.86 bits per heavy atom. The molecule has 0 saturated heterocycles. The van der Waals surface area contributed by atoms with Crippen molar-refractivity contribution in [2.24, 2.45) is 0 Å². The molecule has 2 N–H and O–H groups in total. The zero-order chi connectivity index (χ0) is 15.2. The van der Waals surface area contributed by atoms with Crippen molar-refractivity contribution in [2.45, 2.75) is 0 Å². The van der Waals surface area contributed by atoms with Gasteiger partial charge in [-0.3, -0.25) is 4.79 Å². The number of carboxylic acids is 1. The normalized spacial score (nSPS) is 9.95. The number of carboxylic acid groups (broad SMARTS) is 1. The number of aliphatic carboxylic acids is 1. The largest absolute Gasteiger partial charge is 0.481 e. The minimum Gasteiger partial charge on any atom is -0.481 e. The highest BCUT2D eigenvalue weighted by molar-refractivity contribution is 6.31. The number of anilines is 1. The molecule has 2 aromatic rings. The van der Waals surface area contributed by atoms with Crippen molar-refractivity contribution in [3.05, 3.63) is 59.1 Å². The lowest BCUT2D eigenvalue weighted by Crippen LogP contribution is -2.16. The maximum Gasteiger partial charge on any atom is 0.341 e. The number of rotatable bonds is 5. The van der Waals surface area contributed by atoms with Crippen LogP contribution in [0.15, 0.2) is 48.5 Å². The van der Waals surface area contributed by atoms with Gasteiger partial charge >= 0.3 is 5.97 Å². The molecule has 2 aromatic carbocycles. The predicted molar refractivity (Wildman–Crippen MR) is 79.0 cm³/mol. The minimum absolute atomic E-state index is 0.162. The first-order valence-corrected chi connectivity index (χ1v) is 6.44. The maximum absolute atomic E-state index is 12.2. The molecule has 2 rings (SSSR count). The van der Waals surface area contributed by atoms with E-state index < -0.39 is 18.5 Å². The van der Waals surface area contributed by atoms with E-state index in [1.807, 2.05) is 6.07 Å². The Morgan fingerprint density at radius 3 is 2.52 bits per heavy atom. The molecule has 0 aliphatic rings.